The van der Waals surface area contributed by atoms with Crippen LogP contribution in [-0.4, -0.2) is 36.6 Å². The number of hydrogen-bond acceptors (Lipinski definition) is 2. The minimum Gasteiger partial charge on any atom is -0.315 e. The number of hydrogen-bond donors (Lipinski definition) is 1. The predicted octanol–water partition coefficient (Wildman–Crippen LogP) is 2.49. The summed E-state index contributed by atoms with van der Waals surface area (Å²) in [6, 6.07) is 1.50. The van der Waals surface area contributed by atoms with Crippen LogP contribution < -0.4 is 5.32 Å². The zero-order chi connectivity index (χ0) is 11.3. The van der Waals surface area contributed by atoms with Gasteiger partial charge in [0.2, 0.25) is 0 Å². The van der Waals surface area contributed by atoms with Gasteiger partial charge in [0.25, 0.3) is 0 Å². The molecule has 90 valence electrons. The average molecular weight is 212 g/mol. The molecule has 0 aliphatic carbocycles. The Morgan fingerprint density at radius 1 is 1.33 bits per heavy atom. The predicted molar refractivity (Wildman–Crippen MR) is 67.2 cm³/mol. The lowest BCUT2D eigenvalue weighted by molar-refractivity contribution is 0.198. The van der Waals surface area contributed by atoms with E-state index in [1.807, 2.05) is 0 Å². The molecule has 0 bridgehead atoms. The zero-order valence-electron chi connectivity index (χ0n) is 10.9. The Bertz CT molecular complexity index is 168. The van der Waals surface area contributed by atoms with Crippen molar-refractivity contribution in [2.75, 3.05) is 19.6 Å². The van der Waals surface area contributed by atoms with Crippen LogP contribution in [0.2, 0.25) is 0 Å². The van der Waals surface area contributed by atoms with Crippen molar-refractivity contribution in [2.45, 2.75) is 59.0 Å². The lowest BCUT2D eigenvalue weighted by Gasteiger charge is -2.28. The van der Waals surface area contributed by atoms with Crippen LogP contribution in [0, 0.1) is 5.92 Å². The molecular formula is C13H28N2. The average Bonchev–Trinajstić information content (AvgIpc) is 2.58. The van der Waals surface area contributed by atoms with E-state index in [1.54, 1.807) is 0 Å². The molecule has 2 heteroatoms. The highest BCUT2D eigenvalue weighted by molar-refractivity contribution is 4.80. The summed E-state index contributed by atoms with van der Waals surface area (Å²) in [5.41, 5.74) is 0. The van der Waals surface area contributed by atoms with E-state index in [2.05, 4.69) is 37.9 Å². The van der Waals surface area contributed by atoms with E-state index in [1.165, 1.54) is 32.4 Å². The molecule has 0 amide bonds. The molecule has 1 aliphatic heterocycles. The van der Waals surface area contributed by atoms with Gasteiger partial charge in [0, 0.05) is 18.6 Å². The molecule has 2 nitrogen and oxygen atoms in total. The molecule has 1 N–H and O–H groups in total. The second kappa shape index (κ2) is 6.49. The molecule has 0 spiro atoms. The maximum atomic E-state index is 3.57. The summed E-state index contributed by atoms with van der Waals surface area (Å²) in [6.07, 6.45) is 4.07. The maximum Gasteiger partial charge on any atom is 0.0195 e. The van der Waals surface area contributed by atoms with Gasteiger partial charge in [-0.15, -0.1) is 0 Å². The summed E-state index contributed by atoms with van der Waals surface area (Å²) in [5, 5.41) is 3.57. The van der Waals surface area contributed by atoms with Crippen molar-refractivity contribution in [1.82, 2.24) is 10.2 Å². The van der Waals surface area contributed by atoms with Gasteiger partial charge >= 0.3 is 0 Å². The molecule has 0 aromatic heterocycles. The molecule has 2 atom stereocenters. The Kier molecular flexibility index (Phi) is 5.62. The maximum absolute atomic E-state index is 3.57. The molecule has 1 fully saturated rings. The van der Waals surface area contributed by atoms with Gasteiger partial charge in [0.1, 0.15) is 0 Å². The Labute approximate surface area is 95.4 Å². The molecule has 0 aromatic carbocycles. The van der Waals surface area contributed by atoms with Crippen LogP contribution in [-0.2, 0) is 0 Å². The van der Waals surface area contributed by atoms with Crippen molar-refractivity contribution < 1.29 is 0 Å². The fraction of sp³-hybridized carbons (Fsp3) is 1.00. The first-order chi connectivity index (χ1) is 7.11. The van der Waals surface area contributed by atoms with Gasteiger partial charge in [0.15, 0.2) is 0 Å². The molecule has 15 heavy (non-hydrogen) atoms. The van der Waals surface area contributed by atoms with E-state index in [-0.39, 0.29) is 0 Å². The smallest absolute Gasteiger partial charge is 0.0195 e. The van der Waals surface area contributed by atoms with Crippen LogP contribution >= 0.6 is 0 Å². The molecule has 0 saturated carbocycles. The van der Waals surface area contributed by atoms with Gasteiger partial charge in [-0.05, 0) is 52.1 Å². The van der Waals surface area contributed by atoms with E-state index in [0.717, 1.165) is 18.5 Å². The summed E-state index contributed by atoms with van der Waals surface area (Å²) in [5.74, 6) is 0.818. The van der Waals surface area contributed by atoms with Crippen LogP contribution in [0.15, 0.2) is 0 Å². The number of nitrogens with zero attached hydrogens (tertiary/aromatic N) is 1. The minimum atomic E-state index is 0.703. The number of rotatable bonds is 6. The van der Waals surface area contributed by atoms with Gasteiger partial charge in [-0.3, -0.25) is 4.90 Å². The van der Waals surface area contributed by atoms with E-state index in [9.17, 15) is 0 Å². The molecule has 0 radical (unpaired) electrons. The van der Waals surface area contributed by atoms with Crippen LogP contribution in [0.1, 0.15) is 47.0 Å². The van der Waals surface area contributed by atoms with Crippen molar-refractivity contribution in [3.63, 3.8) is 0 Å². The van der Waals surface area contributed by atoms with Crippen molar-refractivity contribution in [3.05, 3.63) is 0 Å². The Balaban J connectivity index is 2.10. The first-order valence-electron chi connectivity index (χ1n) is 6.57. The van der Waals surface area contributed by atoms with E-state index in [4.69, 9.17) is 0 Å². The van der Waals surface area contributed by atoms with E-state index >= 15 is 0 Å². The van der Waals surface area contributed by atoms with Crippen molar-refractivity contribution >= 4 is 0 Å². The molecular weight excluding hydrogens is 184 g/mol. The third-order valence-electron chi connectivity index (χ3n) is 3.51. The quantitative estimate of drug-likeness (QED) is 0.681. The number of likely N-dealkylation sites (tertiary alicyclic amines) is 1. The van der Waals surface area contributed by atoms with Crippen molar-refractivity contribution in [3.8, 4) is 0 Å². The standard InChI is InChI=1S/C13H28N2/c1-11(2)7-8-14-10-13(4)15-9-5-6-12(15)3/h11-14H,5-10H2,1-4H3. The molecule has 1 rings (SSSR count). The largest absolute Gasteiger partial charge is 0.315 e. The van der Waals surface area contributed by atoms with Gasteiger partial charge in [0.05, 0.1) is 0 Å². The molecule has 1 heterocycles. The zero-order valence-corrected chi connectivity index (χ0v) is 10.9. The SMILES string of the molecule is CC(C)CCNCC(C)N1CCCC1C. The second-order valence-electron chi connectivity index (χ2n) is 5.46. The third kappa shape index (κ3) is 4.52. The summed E-state index contributed by atoms with van der Waals surface area (Å²) in [7, 11) is 0. The van der Waals surface area contributed by atoms with Crippen LogP contribution in [0.25, 0.3) is 0 Å². The fourth-order valence-corrected chi connectivity index (χ4v) is 2.43. The fourth-order valence-electron chi connectivity index (χ4n) is 2.43. The first-order valence-corrected chi connectivity index (χ1v) is 6.57. The third-order valence-corrected chi connectivity index (χ3v) is 3.51. The van der Waals surface area contributed by atoms with Gasteiger partial charge < -0.3 is 5.32 Å². The topological polar surface area (TPSA) is 15.3 Å². The first kappa shape index (κ1) is 13.0. The summed E-state index contributed by atoms with van der Waals surface area (Å²) in [4.78, 5) is 2.64. The highest BCUT2D eigenvalue weighted by Gasteiger charge is 2.24. The second-order valence-corrected chi connectivity index (χ2v) is 5.46. The number of nitrogens with one attached hydrogen (secondary N) is 1. The van der Waals surface area contributed by atoms with Crippen molar-refractivity contribution in [2.24, 2.45) is 5.92 Å². The molecule has 0 aromatic rings. The van der Waals surface area contributed by atoms with Gasteiger partial charge in [-0.25, -0.2) is 0 Å². The van der Waals surface area contributed by atoms with Gasteiger partial charge in [-0.2, -0.15) is 0 Å². The molecule has 2 unspecified atom stereocenters. The molecule has 1 aliphatic rings. The Morgan fingerprint density at radius 3 is 2.60 bits per heavy atom. The highest BCUT2D eigenvalue weighted by atomic mass is 15.2. The normalized spacial score (nSPS) is 25.0. The van der Waals surface area contributed by atoms with Crippen molar-refractivity contribution in [1.29, 1.82) is 0 Å². The van der Waals surface area contributed by atoms with Crippen LogP contribution in [0.3, 0.4) is 0 Å². The van der Waals surface area contributed by atoms with Crippen LogP contribution in [0.4, 0.5) is 0 Å². The minimum absolute atomic E-state index is 0.703. The Hall–Kier alpha value is -0.0800. The lowest BCUT2D eigenvalue weighted by Crippen LogP contribution is -2.42. The Morgan fingerprint density at radius 2 is 2.07 bits per heavy atom. The van der Waals surface area contributed by atoms with E-state index in [0.29, 0.717) is 6.04 Å². The van der Waals surface area contributed by atoms with E-state index < -0.39 is 0 Å². The van der Waals surface area contributed by atoms with Crippen LogP contribution in [0.5, 0.6) is 0 Å². The summed E-state index contributed by atoms with van der Waals surface area (Å²) >= 11 is 0. The molecule has 1 saturated heterocycles. The monoisotopic (exact) mass is 212 g/mol. The lowest BCUT2D eigenvalue weighted by atomic mass is 10.1. The summed E-state index contributed by atoms with van der Waals surface area (Å²) in [6.45, 7) is 12.9. The highest BCUT2D eigenvalue weighted by Crippen LogP contribution is 2.18. The summed E-state index contributed by atoms with van der Waals surface area (Å²) < 4.78 is 0. The van der Waals surface area contributed by atoms with Gasteiger partial charge in [-0.1, -0.05) is 13.8 Å².